The zero-order valence-electron chi connectivity index (χ0n) is 16.7. The van der Waals surface area contributed by atoms with Gasteiger partial charge in [0, 0.05) is 46.6 Å². The highest BCUT2D eigenvalue weighted by atomic mass is 127. The molecule has 2 aromatic heterocycles. The van der Waals surface area contributed by atoms with Crippen LogP contribution >= 0.6 is 45.2 Å². The van der Waals surface area contributed by atoms with Crippen LogP contribution in [0.15, 0.2) is 84.9 Å². The van der Waals surface area contributed by atoms with E-state index in [0.29, 0.717) is 0 Å². The van der Waals surface area contributed by atoms with Gasteiger partial charge < -0.3 is 4.98 Å². The van der Waals surface area contributed by atoms with Crippen LogP contribution in [0.5, 0.6) is 0 Å². The number of hydrogen-bond donors (Lipinski definition) is 1. The SMILES string of the molecule is C.C.CC(=O)n1c2ccccc2c2cc(I)ccc21.Ic1ccc2[nH]c3ccccc3c2c1. The fourth-order valence-corrected chi connectivity index (χ4v) is 5.09. The summed E-state index contributed by atoms with van der Waals surface area (Å²) >= 11 is 4.64. The molecule has 0 atom stereocenters. The van der Waals surface area contributed by atoms with Gasteiger partial charge in [-0.15, -0.1) is 0 Å². The molecule has 5 heteroatoms. The van der Waals surface area contributed by atoms with Crippen LogP contribution in [0.4, 0.5) is 0 Å². The molecule has 0 aliphatic heterocycles. The van der Waals surface area contributed by atoms with Gasteiger partial charge in [-0.2, -0.15) is 0 Å². The minimum Gasteiger partial charge on any atom is -0.355 e. The number of carbonyl (C=O) groups is 1. The van der Waals surface area contributed by atoms with Crippen LogP contribution in [0, 0.1) is 7.14 Å². The average Bonchev–Trinajstić information content (AvgIpc) is 3.29. The quantitative estimate of drug-likeness (QED) is 0.162. The number of nitrogens with zero attached hydrogens (tertiary/aromatic N) is 1. The number of H-pyrrole nitrogens is 1. The monoisotopic (exact) mass is 660 g/mol. The maximum atomic E-state index is 11.8. The Labute approximate surface area is 221 Å². The summed E-state index contributed by atoms with van der Waals surface area (Å²) < 4.78 is 4.24. The lowest BCUT2D eigenvalue weighted by Crippen LogP contribution is -2.04. The van der Waals surface area contributed by atoms with Crippen LogP contribution in [0.1, 0.15) is 26.6 Å². The second-order valence-electron chi connectivity index (χ2n) is 7.39. The second kappa shape index (κ2) is 10.3. The van der Waals surface area contributed by atoms with Crippen LogP contribution in [0.2, 0.25) is 0 Å². The zero-order chi connectivity index (χ0) is 21.5. The molecule has 0 spiro atoms. The van der Waals surface area contributed by atoms with Crippen molar-refractivity contribution in [3.63, 3.8) is 0 Å². The number of fused-ring (bicyclic) bond motifs is 6. The molecule has 0 radical (unpaired) electrons. The third-order valence-electron chi connectivity index (χ3n) is 5.42. The molecule has 4 aromatic carbocycles. The summed E-state index contributed by atoms with van der Waals surface area (Å²) in [4.78, 5) is 15.2. The van der Waals surface area contributed by atoms with Crippen molar-refractivity contribution in [1.82, 2.24) is 9.55 Å². The molecule has 0 saturated heterocycles. The number of carbonyl (C=O) groups excluding carboxylic acids is 1. The summed E-state index contributed by atoms with van der Waals surface area (Å²) in [5.74, 6) is 0.0532. The number of benzene rings is 4. The highest BCUT2D eigenvalue weighted by Crippen LogP contribution is 2.30. The molecule has 6 rings (SSSR count). The second-order valence-corrected chi connectivity index (χ2v) is 9.88. The number of nitrogens with one attached hydrogen (secondary N) is 1. The summed E-state index contributed by atoms with van der Waals surface area (Å²) in [5.41, 5.74) is 4.40. The van der Waals surface area contributed by atoms with E-state index in [1.165, 1.54) is 28.9 Å². The highest BCUT2D eigenvalue weighted by molar-refractivity contribution is 14.1. The van der Waals surface area contributed by atoms with Crippen molar-refractivity contribution in [3.05, 3.63) is 92.1 Å². The smallest absolute Gasteiger partial charge is 0.228 e. The molecule has 0 fully saturated rings. The Bertz CT molecular complexity index is 1590. The lowest BCUT2D eigenvalue weighted by molar-refractivity contribution is 0.0946. The van der Waals surface area contributed by atoms with Gasteiger partial charge in [-0.25, -0.2) is 0 Å². The van der Waals surface area contributed by atoms with Gasteiger partial charge in [0.15, 0.2) is 0 Å². The summed E-state index contributed by atoms with van der Waals surface area (Å²) in [6, 6.07) is 29.1. The Hall–Kier alpha value is -2.39. The Morgan fingerprint density at radius 3 is 1.94 bits per heavy atom. The Morgan fingerprint density at radius 2 is 1.21 bits per heavy atom. The van der Waals surface area contributed by atoms with Gasteiger partial charge >= 0.3 is 0 Å². The third kappa shape index (κ3) is 4.66. The molecule has 0 aliphatic rings. The van der Waals surface area contributed by atoms with Crippen molar-refractivity contribution < 1.29 is 4.79 Å². The van der Waals surface area contributed by atoms with E-state index in [1.807, 2.05) is 30.3 Å². The van der Waals surface area contributed by atoms with Gasteiger partial charge in [-0.3, -0.25) is 9.36 Å². The molecule has 1 N–H and O–H groups in total. The van der Waals surface area contributed by atoms with Crippen molar-refractivity contribution in [2.45, 2.75) is 21.8 Å². The van der Waals surface area contributed by atoms with Gasteiger partial charge in [0.25, 0.3) is 0 Å². The zero-order valence-corrected chi connectivity index (χ0v) is 21.0. The van der Waals surface area contributed by atoms with Gasteiger partial charge in [0.2, 0.25) is 5.91 Å². The van der Waals surface area contributed by atoms with Crippen LogP contribution < -0.4 is 0 Å². The molecule has 168 valence electrons. The fraction of sp³-hybridized carbons (Fsp3) is 0.107. The van der Waals surface area contributed by atoms with Crippen LogP contribution in [-0.2, 0) is 0 Å². The van der Waals surface area contributed by atoms with Crippen LogP contribution in [-0.4, -0.2) is 15.5 Å². The third-order valence-corrected chi connectivity index (χ3v) is 6.76. The number of para-hydroxylation sites is 2. The molecular formula is C28H26I2N2O. The van der Waals surface area contributed by atoms with Crippen molar-refractivity contribution in [2.75, 3.05) is 0 Å². The number of aromatic nitrogens is 2. The van der Waals surface area contributed by atoms with Gasteiger partial charge in [-0.1, -0.05) is 51.3 Å². The van der Waals surface area contributed by atoms with Gasteiger partial charge in [-0.05, 0) is 93.7 Å². The lowest BCUT2D eigenvalue weighted by atomic mass is 10.2. The molecule has 3 nitrogen and oxygen atoms in total. The van der Waals surface area contributed by atoms with Crippen molar-refractivity contribution >= 4 is 94.7 Å². The molecule has 0 unspecified atom stereocenters. The molecule has 0 bridgehead atoms. The maximum Gasteiger partial charge on any atom is 0.228 e. The van der Waals surface area contributed by atoms with E-state index < -0.39 is 0 Å². The summed E-state index contributed by atoms with van der Waals surface area (Å²) in [7, 11) is 0. The van der Waals surface area contributed by atoms with Crippen LogP contribution in [0.25, 0.3) is 43.6 Å². The largest absolute Gasteiger partial charge is 0.355 e. The fourth-order valence-electron chi connectivity index (χ4n) is 4.10. The number of hydrogen-bond acceptors (Lipinski definition) is 1. The molecule has 0 saturated carbocycles. The number of halogens is 2. The van der Waals surface area contributed by atoms with Crippen LogP contribution in [0.3, 0.4) is 0 Å². The van der Waals surface area contributed by atoms with Crippen molar-refractivity contribution in [3.8, 4) is 0 Å². The van der Waals surface area contributed by atoms with Crippen molar-refractivity contribution in [2.24, 2.45) is 0 Å². The van der Waals surface area contributed by atoms with E-state index in [4.69, 9.17) is 0 Å². The first-order chi connectivity index (χ1) is 15.0. The maximum absolute atomic E-state index is 11.8. The van der Waals surface area contributed by atoms with Gasteiger partial charge in [0.1, 0.15) is 0 Å². The van der Waals surface area contributed by atoms with E-state index >= 15 is 0 Å². The first kappa shape index (κ1) is 25.2. The predicted octanol–water partition coefficient (Wildman–Crippen LogP) is 9.26. The Balaban J connectivity index is 0.000000178. The Kier molecular flexibility index (Phi) is 7.84. The van der Waals surface area contributed by atoms with Crippen molar-refractivity contribution in [1.29, 1.82) is 0 Å². The van der Waals surface area contributed by atoms with E-state index in [1.54, 1.807) is 11.5 Å². The molecular weight excluding hydrogens is 634 g/mol. The standard InChI is InChI=1S/C14H10INO.C12H8IN.2CH4/c1-9(17)16-13-5-3-2-4-11(13)12-8-10(15)6-7-14(12)16;13-8-5-6-12-10(7-8)9-3-1-2-4-11(9)14-12;;/h2-8H,1H3;1-7,14H;2*1H4. The van der Waals surface area contributed by atoms with E-state index in [0.717, 1.165) is 21.8 Å². The minimum absolute atomic E-state index is 0. The summed E-state index contributed by atoms with van der Waals surface area (Å²) in [5, 5.41) is 4.90. The molecule has 2 heterocycles. The molecule has 0 aliphatic carbocycles. The predicted molar refractivity (Wildman–Crippen MR) is 160 cm³/mol. The number of rotatable bonds is 0. The average molecular weight is 660 g/mol. The topological polar surface area (TPSA) is 37.8 Å². The van der Waals surface area contributed by atoms with E-state index in [2.05, 4.69) is 105 Å². The summed E-state index contributed by atoms with van der Waals surface area (Å²) in [6.07, 6.45) is 0. The lowest BCUT2D eigenvalue weighted by Gasteiger charge is -2.00. The van der Waals surface area contributed by atoms with E-state index in [9.17, 15) is 4.79 Å². The summed E-state index contributed by atoms with van der Waals surface area (Å²) in [6.45, 7) is 1.60. The highest BCUT2D eigenvalue weighted by Gasteiger charge is 2.12. The first-order valence-corrected chi connectivity index (χ1v) is 12.0. The van der Waals surface area contributed by atoms with Gasteiger partial charge in [0.05, 0.1) is 11.0 Å². The Morgan fingerprint density at radius 1 is 0.667 bits per heavy atom. The molecule has 33 heavy (non-hydrogen) atoms. The number of aromatic amines is 1. The normalized spacial score (nSPS) is 10.5. The first-order valence-electron chi connectivity index (χ1n) is 9.88. The molecule has 0 amide bonds. The van der Waals surface area contributed by atoms with E-state index in [-0.39, 0.29) is 20.8 Å². The molecule has 6 aromatic rings. The minimum atomic E-state index is 0.